The fourth-order valence-corrected chi connectivity index (χ4v) is 2.81. The molecule has 0 spiro atoms. The summed E-state index contributed by atoms with van der Waals surface area (Å²) in [5.74, 6) is 0.576. The lowest BCUT2D eigenvalue weighted by atomic mass is 10.0. The first-order valence-electron chi connectivity index (χ1n) is 7.85. The molecule has 2 aromatic rings. The van der Waals surface area contributed by atoms with Crippen LogP contribution in [0.5, 0.6) is 5.75 Å². The Morgan fingerprint density at radius 2 is 1.65 bits per heavy atom. The maximum Gasteiger partial charge on any atom is 0.262 e. The fraction of sp³-hybridized carbons (Fsp3) is 0.316. The summed E-state index contributed by atoms with van der Waals surface area (Å²) in [6.45, 7) is 4.20. The van der Waals surface area contributed by atoms with Gasteiger partial charge in [-0.05, 0) is 54.5 Å². The van der Waals surface area contributed by atoms with Crippen LogP contribution in [0, 0.1) is 0 Å². The van der Waals surface area contributed by atoms with Crippen molar-refractivity contribution in [3.05, 3.63) is 53.6 Å². The van der Waals surface area contributed by atoms with E-state index in [1.165, 1.54) is 4.90 Å². The summed E-state index contributed by atoms with van der Waals surface area (Å²) in [5, 5.41) is 3.01. The summed E-state index contributed by atoms with van der Waals surface area (Å²) in [4.78, 5) is 13.4. The van der Waals surface area contributed by atoms with Crippen molar-refractivity contribution >= 4 is 23.4 Å². The number of aryl methyl sites for hydroxylation is 2. The van der Waals surface area contributed by atoms with Gasteiger partial charge in [0.2, 0.25) is 0 Å². The zero-order valence-electron chi connectivity index (χ0n) is 13.9. The molecular formula is C19H23NO2S. The van der Waals surface area contributed by atoms with E-state index in [9.17, 15) is 4.79 Å². The van der Waals surface area contributed by atoms with Crippen LogP contribution in [-0.2, 0) is 17.6 Å². The maximum absolute atomic E-state index is 12.2. The van der Waals surface area contributed by atoms with Gasteiger partial charge in [0, 0.05) is 10.6 Å². The third kappa shape index (κ3) is 4.76. The van der Waals surface area contributed by atoms with Crippen molar-refractivity contribution in [2.45, 2.75) is 31.6 Å². The molecule has 4 heteroatoms. The summed E-state index contributed by atoms with van der Waals surface area (Å²) in [5.41, 5.74) is 3.24. The molecule has 0 saturated carbocycles. The normalized spacial score (nSPS) is 10.4. The molecule has 0 unspecified atom stereocenters. The highest BCUT2D eigenvalue weighted by atomic mass is 32.2. The minimum absolute atomic E-state index is 0.0137. The number of thioether (sulfide) groups is 1. The van der Waals surface area contributed by atoms with Crippen LogP contribution in [0.4, 0.5) is 5.69 Å². The lowest BCUT2D eigenvalue weighted by Gasteiger charge is -2.14. The van der Waals surface area contributed by atoms with Gasteiger partial charge in [0.25, 0.3) is 5.91 Å². The van der Waals surface area contributed by atoms with Crippen molar-refractivity contribution in [3.63, 3.8) is 0 Å². The zero-order valence-corrected chi connectivity index (χ0v) is 14.7. The highest BCUT2D eigenvalue weighted by Gasteiger charge is 2.10. The molecule has 2 aromatic carbocycles. The standard InChI is InChI=1S/C19H23NO2S/c1-4-14-7-6-8-15(5-2)19(14)20-18(21)13-22-16-9-11-17(23-3)12-10-16/h6-12H,4-5,13H2,1-3H3,(H,20,21). The van der Waals surface area contributed by atoms with E-state index in [-0.39, 0.29) is 12.5 Å². The van der Waals surface area contributed by atoms with Crippen LogP contribution in [0.2, 0.25) is 0 Å². The van der Waals surface area contributed by atoms with Gasteiger partial charge in [-0.15, -0.1) is 11.8 Å². The minimum atomic E-state index is -0.130. The van der Waals surface area contributed by atoms with Crippen molar-refractivity contribution in [1.82, 2.24) is 0 Å². The smallest absolute Gasteiger partial charge is 0.262 e. The van der Waals surface area contributed by atoms with Gasteiger partial charge in [0.15, 0.2) is 6.61 Å². The van der Waals surface area contributed by atoms with Gasteiger partial charge in [0.05, 0.1) is 0 Å². The predicted molar refractivity (Wildman–Crippen MR) is 97.5 cm³/mol. The van der Waals surface area contributed by atoms with Crippen LogP contribution in [0.1, 0.15) is 25.0 Å². The molecule has 23 heavy (non-hydrogen) atoms. The summed E-state index contributed by atoms with van der Waals surface area (Å²) < 4.78 is 5.57. The largest absolute Gasteiger partial charge is 0.484 e. The first-order valence-corrected chi connectivity index (χ1v) is 9.07. The predicted octanol–water partition coefficient (Wildman–Crippen LogP) is 4.55. The molecule has 0 aliphatic heterocycles. The second-order valence-corrected chi connectivity index (χ2v) is 6.05. The van der Waals surface area contributed by atoms with E-state index in [0.717, 1.165) is 29.7 Å². The molecule has 0 aliphatic rings. The summed E-state index contributed by atoms with van der Waals surface area (Å²) in [7, 11) is 0. The van der Waals surface area contributed by atoms with E-state index in [0.29, 0.717) is 5.75 Å². The van der Waals surface area contributed by atoms with E-state index in [2.05, 4.69) is 31.3 Å². The summed E-state index contributed by atoms with van der Waals surface area (Å²) >= 11 is 1.68. The van der Waals surface area contributed by atoms with Gasteiger partial charge in [-0.2, -0.15) is 0 Å². The molecule has 0 aromatic heterocycles. The molecule has 122 valence electrons. The van der Waals surface area contributed by atoms with Crippen molar-refractivity contribution in [2.24, 2.45) is 0 Å². The van der Waals surface area contributed by atoms with Crippen molar-refractivity contribution in [2.75, 3.05) is 18.2 Å². The van der Waals surface area contributed by atoms with Crippen molar-refractivity contribution in [3.8, 4) is 5.75 Å². The average Bonchev–Trinajstić information content (AvgIpc) is 2.60. The number of rotatable bonds is 7. The topological polar surface area (TPSA) is 38.3 Å². The Bertz CT molecular complexity index is 631. The lowest BCUT2D eigenvalue weighted by molar-refractivity contribution is -0.118. The monoisotopic (exact) mass is 329 g/mol. The number of benzene rings is 2. The Labute approximate surface area is 142 Å². The van der Waals surface area contributed by atoms with Gasteiger partial charge in [-0.1, -0.05) is 32.0 Å². The molecule has 0 radical (unpaired) electrons. The number of hydrogen-bond acceptors (Lipinski definition) is 3. The quantitative estimate of drug-likeness (QED) is 0.757. The van der Waals surface area contributed by atoms with Gasteiger partial charge in [0.1, 0.15) is 5.75 Å². The first kappa shape index (κ1) is 17.4. The van der Waals surface area contributed by atoms with E-state index in [1.807, 2.05) is 36.6 Å². The Morgan fingerprint density at radius 3 is 2.17 bits per heavy atom. The Balaban J connectivity index is 1.99. The third-order valence-electron chi connectivity index (χ3n) is 3.69. The SMILES string of the molecule is CCc1cccc(CC)c1NC(=O)COc1ccc(SC)cc1. The molecule has 2 rings (SSSR count). The summed E-state index contributed by atoms with van der Waals surface area (Å²) in [6.07, 6.45) is 3.81. The molecule has 1 N–H and O–H groups in total. The van der Waals surface area contributed by atoms with Crippen LogP contribution in [0.15, 0.2) is 47.4 Å². The zero-order chi connectivity index (χ0) is 16.7. The lowest BCUT2D eigenvalue weighted by Crippen LogP contribution is -2.21. The average molecular weight is 329 g/mol. The number of ether oxygens (including phenoxy) is 1. The molecule has 0 atom stereocenters. The van der Waals surface area contributed by atoms with Crippen molar-refractivity contribution in [1.29, 1.82) is 0 Å². The number of carbonyl (C=O) groups is 1. The van der Waals surface area contributed by atoms with E-state index >= 15 is 0 Å². The third-order valence-corrected chi connectivity index (χ3v) is 4.44. The molecule has 0 bridgehead atoms. The molecule has 0 fully saturated rings. The molecule has 1 amide bonds. The minimum Gasteiger partial charge on any atom is -0.484 e. The number of amides is 1. The maximum atomic E-state index is 12.2. The number of nitrogens with one attached hydrogen (secondary N) is 1. The Hall–Kier alpha value is -1.94. The highest BCUT2D eigenvalue weighted by Crippen LogP contribution is 2.23. The summed E-state index contributed by atoms with van der Waals surface area (Å²) in [6, 6.07) is 13.9. The second kappa shape index (κ2) is 8.63. The van der Waals surface area contributed by atoms with Crippen LogP contribution in [0.25, 0.3) is 0 Å². The Morgan fingerprint density at radius 1 is 1.04 bits per heavy atom. The highest BCUT2D eigenvalue weighted by molar-refractivity contribution is 7.98. The number of carbonyl (C=O) groups excluding carboxylic acids is 1. The van der Waals surface area contributed by atoms with E-state index in [1.54, 1.807) is 11.8 Å². The van der Waals surface area contributed by atoms with Gasteiger partial charge in [-0.25, -0.2) is 0 Å². The van der Waals surface area contributed by atoms with Crippen LogP contribution in [0.3, 0.4) is 0 Å². The van der Waals surface area contributed by atoms with Crippen molar-refractivity contribution < 1.29 is 9.53 Å². The molecule has 0 saturated heterocycles. The van der Waals surface area contributed by atoms with Crippen LogP contribution < -0.4 is 10.1 Å². The number of hydrogen-bond donors (Lipinski definition) is 1. The first-order chi connectivity index (χ1) is 11.2. The Kier molecular flexibility index (Phi) is 6.53. The van der Waals surface area contributed by atoms with Gasteiger partial charge in [-0.3, -0.25) is 4.79 Å². The van der Waals surface area contributed by atoms with E-state index in [4.69, 9.17) is 4.74 Å². The van der Waals surface area contributed by atoms with Gasteiger partial charge < -0.3 is 10.1 Å². The number of anilines is 1. The second-order valence-electron chi connectivity index (χ2n) is 5.17. The fourth-order valence-electron chi connectivity index (χ4n) is 2.40. The number of para-hydroxylation sites is 1. The van der Waals surface area contributed by atoms with Gasteiger partial charge >= 0.3 is 0 Å². The van der Waals surface area contributed by atoms with Crippen LogP contribution >= 0.6 is 11.8 Å². The molecule has 3 nitrogen and oxygen atoms in total. The van der Waals surface area contributed by atoms with Crippen LogP contribution in [-0.4, -0.2) is 18.8 Å². The molecular weight excluding hydrogens is 306 g/mol. The molecule has 0 aliphatic carbocycles. The van der Waals surface area contributed by atoms with E-state index < -0.39 is 0 Å². The molecule has 0 heterocycles.